The Morgan fingerprint density at radius 3 is 2.48 bits per heavy atom. The van der Waals surface area contributed by atoms with E-state index in [1.807, 2.05) is 49.4 Å². The van der Waals surface area contributed by atoms with Gasteiger partial charge in [-0.1, -0.05) is 79.3 Å². The van der Waals surface area contributed by atoms with E-state index in [9.17, 15) is 9.90 Å². The quantitative estimate of drug-likeness (QED) is 0.334. The van der Waals surface area contributed by atoms with Gasteiger partial charge in [-0.05, 0) is 12.0 Å². The van der Waals surface area contributed by atoms with Crippen LogP contribution >= 0.6 is 11.3 Å². The second kappa shape index (κ2) is 9.57. The van der Waals surface area contributed by atoms with E-state index in [1.54, 1.807) is 6.20 Å². The molecule has 158 valence electrons. The van der Waals surface area contributed by atoms with Gasteiger partial charge in [0.05, 0.1) is 22.7 Å². The Balaban J connectivity index is 1.65. The van der Waals surface area contributed by atoms with E-state index >= 15 is 0 Å². The summed E-state index contributed by atoms with van der Waals surface area (Å²) in [5, 5.41) is 13.4. The highest BCUT2D eigenvalue weighted by Gasteiger charge is 2.19. The number of nitrogens with one attached hydrogen (secondary N) is 1. The van der Waals surface area contributed by atoms with Crippen LogP contribution in [0, 0.1) is 5.92 Å². The van der Waals surface area contributed by atoms with Crippen molar-refractivity contribution in [1.82, 2.24) is 9.97 Å². The summed E-state index contributed by atoms with van der Waals surface area (Å²) in [6.07, 6.45) is 4.56. The van der Waals surface area contributed by atoms with Gasteiger partial charge >= 0.3 is 5.97 Å². The summed E-state index contributed by atoms with van der Waals surface area (Å²) in [6.45, 7) is 2.35. The first-order valence-corrected chi connectivity index (χ1v) is 11.0. The van der Waals surface area contributed by atoms with Crippen molar-refractivity contribution in [3.8, 4) is 33.0 Å². The van der Waals surface area contributed by atoms with E-state index in [0.717, 1.165) is 38.8 Å². The Morgan fingerprint density at radius 2 is 1.84 bits per heavy atom. The number of hydrogen-bond acceptors (Lipinski definition) is 6. The molecule has 0 spiro atoms. The molecular weight excluding hydrogens is 410 g/mol. The minimum atomic E-state index is -0.780. The molecule has 4 rings (SSSR count). The van der Waals surface area contributed by atoms with Crippen molar-refractivity contribution in [2.45, 2.75) is 19.8 Å². The van der Waals surface area contributed by atoms with Gasteiger partial charge in [-0.15, -0.1) is 0 Å². The van der Waals surface area contributed by atoms with E-state index in [0.29, 0.717) is 18.7 Å². The van der Waals surface area contributed by atoms with Crippen LogP contribution in [0.5, 0.6) is 0 Å². The summed E-state index contributed by atoms with van der Waals surface area (Å²) >= 11 is 1.54. The number of hydrogen-bond donors (Lipinski definition) is 2. The molecular formula is C24H23N3O3S. The fourth-order valence-electron chi connectivity index (χ4n) is 3.40. The molecule has 0 fully saturated rings. The maximum absolute atomic E-state index is 11.5. The van der Waals surface area contributed by atoms with Crippen molar-refractivity contribution in [1.29, 1.82) is 0 Å². The molecule has 0 bridgehead atoms. The minimum absolute atomic E-state index is 0.356. The number of rotatable bonds is 9. The molecule has 0 aliphatic carbocycles. The number of carbonyl (C=O) groups is 1. The monoisotopic (exact) mass is 433 g/mol. The summed E-state index contributed by atoms with van der Waals surface area (Å²) in [7, 11) is 0. The first-order chi connectivity index (χ1) is 15.2. The normalized spacial score (nSPS) is 11.9. The van der Waals surface area contributed by atoms with Gasteiger partial charge in [0.25, 0.3) is 0 Å². The van der Waals surface area contributed by atoms with Crippen molar-refractivity contribution in [2.24, 2.45) is 5.92 Å². The molecule has 0 saturated carbocycles. The lowest BCUT2D eigenvalue weighted by atomic mass is 10.0. The van der Waals surface area contributed by atoms with Crippen LogP contribution in [0.2, 0.25) is 0 Å². The second-order valence-electron chi connectivity index (χ2n) is 7.21. The zero-order chi connectivity index (χ0) is 21.6. The number of aromatic nitrogens is 2. The fourth-order valence-corrected chi connectivity index (χ4v) is 4.40. The van der Waals surface area contributed by atoms with E-state index in [-0.39, 0.29) is 0 Å². The summed E-state index contributed by atoms with van der Waals surface area (Å²) < 4.78 is 5.37. The molecule has 31 heavy (non-hydrogen) atoms. The molecule has 0 aliphatic heterocycles. The zero-order valence-electron chi connectivity index (χ0n) is 17.1. The van der Waals surface area contributed by atoms with Gasteiger partial charge < -0.3 is 14.8 Å². The average molecular weight is 434 g/mol. The van der Waals surface area contributed by atoms with Crippen molar-refractivity contribution in [3.05, 3.63) is 67.2 Å². The molecule has 0 saturated heterocycles. The SMILES string of the molecule is CCCC(CNc1nc(-c2ccc(-c3cnco3)cc2)c(-c2ccccc2)s1)C(=O)O. The lowest BCUT2D eigenvalue weighted by Gasteiger charge is -2.11. The minimum Gasteiger partial charge on any atom is -0.481 e. The predicted octanol–water partition coefficient (Wildman–Crippen LogP) is 6.04. The number of nitrogens with zero attached hydrogens (tertiary/aromatic N) is 2. The van der Waals surface area contributed by atoms with E-state index in [2.05, 4.69) is 22.4 Å². The van der Waals surface area contributed by atoms with Gasteiger partial charge in [-0.2, -0.15) is 0 Å². The third kappa shape index (κ3) is 4.83. The molecule has 1 unspecified atom stereocenters. The van der Waals surface area contributed by atoms with Crippen LogP contribution in [0.15, 0.2) is 71.6 Å². The summed E-state index contributed by atoms with van der Waals surface area (Å²) in [6, 6.07) is 18.1. The molecule has 1 atom stereocenters. The van der Waals surface area contributed by atoms with Crippen LogP contribution in [0.3, 0.4) is 0 Å². The molecule has 0 radical (unpaired) electrons. The lowest BCUT2D eigenvalue weighted by molar-refractivity contribution is -0.141. The number of carboxylic acids is 1. The molecule has 6 nitrogen and oxygen atoms in total. The van der Waals surface area contributed by atoms with E-state index in [1.165, 1.54) is 17.7 Å². The smallest absolute Gasteiger partial charge is 0.308 e. The third-order valence-electron chi connectivity index (χ3n) is 5.02. The van der Waals surface area contributed by atoms with Crippen LogP contribution in [0.25, 0.3) is 33.0 Å². The lowest BCUT2D eigenvalue weighted by Crippen LogP contribution is -2.22. The molecule has 2 N–H and O–H groups in total. The summed E-state index contributed by atoms with van der Waals surface area (Å²) in [4.78, 5) is 21.3. The van der Waals surface area contributed by atoms with Gasteiger partial charge in [-0.25, -0.2) is 9.97 Å². The highest BCUT2D eigenvalue weighted by atomic mass is 32.1. The van der Waals surface area contributed by atoms with Crippen molar-refractivity contribution < 1.29 is 14.3 Å². The number of carboxylic acid groups (broad SMARTS) is 1. The second-order valence-corrected chi connectivity index (χ2v) is 8.21. The summed E-state index contributed by atoms with van der Waals surface area (Å²) in [5.74, 6) is -0.498. The zero-order valence-corrected chi connectivity index (χ0v) is 17.9. The van der Waals surface area contributed by atoms with Crippen molar-refractivity contribution in [3.63, 3.8) is 0 Å². The van der Waals surface area contributed by atoms with Crippen LogP contribution in [-0.4, -0.2) is 27.6 Å². The largest absolute Gasteiger partial charge is 0.481 e. The Hall–Kier alpha value is -3.45. The number of aliphatic carboxylic acids is 1. The standard InChI is InChI=1S/C24H23N3O3S/c1-2-6-19(23(28)29)13-26-24-27-21(22(31-24)18-7-4-3-5-8-18)17-11-9-16(10-12-17)20-14-25-15-30-20/h3-5,7-12,14-15,19H,2,6,13H2,1H3,(H,26,27)(H,28,29). The molecule has 2 aromatic heterocycles. The predicted molar refractivity (Wildman–Crippen MR) is 123 cm³/mol. The highest BCUT2D eigenvalue weighted by Crippen LogP contribution is 2.39. The average Bonchev–Trinajstić information content (AvgIpc) is 3.48. The van der Waals surface area contributed by atoms with Gasteiger partial charge in [0.1, 0.15) is 0 Å². The molecule has 7 heteroatoms. The Morgan fingerprint density at radius 1 is 1.10 bits per heavy atom. The Labute approximate surface area is 184 Å². The Bertz CT molecular complexity index is 1120. The van der Waals surface area contributed by atoms with Crippen LogP contribution in [0.1, 0.15) is 19.8 Å². The highest BCUT2D eigenvalue weighted by molar-refractivity contribution is 7.19. The number of thiazole rings is 1. The van der Waals surface area contributed by atoms with E-state index in [4.69, 9.17) is 9.40 Å². The number of benzene rings is 2. The summed E-state index contributed by atoms with van der Waals surface area (Å²) in [5.41, 5.74) is 3.87. The molecule has 0 aliphatic rings. The topological polar surface area (TPSA) is 88.3 Å². The molecule has 4 aromatic rings. The van der Waals surface area contributed by atoms with Gasteiger partial charge in [0, 0.05) is 17.7 Å². The molecule has 2 heterocycles. The third-order valence-corrected chi connectivity index (χ3v) is 6.09. The van der Waals surface area contributed by atoms with Crippen LogP contribution in [-0.2, 0) is 4.79 Å². The molecule has 0 amide bonds. The first kappa shape index (κ1) is 20.8. The maximum Gasteiger partial charge on any atom is 0.308 e. The molecule has 2 aromatic carbocycles. The van der Waals surface area contributed by atoms with Crippen LogP contribution < -0.4 is 5.32 Å². The Kier molecular flexibility index (Phi) is 6.43. The first-order valence-electron chi connectivity index (χ1n) is 10.2. The van der Waals surface area contributed by atoms with Gasteiger partial charge in [-0.3, -0.25) is 4.79 Å². The van der Waals surface area contributed by atoms with Crippen LogP contribution in [0.4, 0.5) is 5.13 Å². The number of oxazole rings is 1. The fraction of sp³-hybridized carbons (Fsp3) is 0.208. The van der Waals surface area contributed by atoms with E-state index < -0.39 is 11.9 Å². The van der Waals surface area contributed by atoms with Crippen molar-refractivity contribution >= 4 is 22.4 Å². The van der Waals surface area contributed by atoms with Gasteiger partial charge in [0.2, 0.25) is 0 Å². The maximum atomic E-state index is 11.5. The number of anilines is 1. The van der Waals surface area contributed by atoms with Gasteiger partial charge in [0.15, 0.2) is 17.3 Å². The van der Waals surface area contributed by atoms with Crippen molar-refractivity contribution in [2.75, 3.05) is 11.9 Å².